The molecule has 3 rings (SSSR count). The minimum absolute atomic E-state index is 0.172. The molecule has 1 aromatic heterocycles. The first-order valence-electron chi connectivity index (χ1n) is 7.55. The second-order valence-corrected chi connectivity index (χ2v) is 7.87. The van der Waals surface area contributed by atoms with E-state index in [0.29, 0.717) is 11.3 Å². The Balaban J connectivity index is 1.77. The number of hydrogen-bond donors (Lipinski definition) is 1. The third-order valence-electron chi connectivity index (χ3n) is 3.53. The Labute approximate surface area is 163 Å². The third kappa shape index (κ3) is 4.66. The van der Waals surface area contributed by atoms with Crippen molar-refractivity contribution in [3.8, 4) is 5.75 Å². The van der Waals surface area contributed by atoms with Crippen LogP contribution in [0.25, 0.3) is 0 Å². The average Bonchev–Trinajstić information content (AvgIpc) is 3.15. The van der Waals surface area contributed by atoms with Gasteiger partial charge in [-0.15, -0.1) is 11.8 Å². The largest absolute Gasteiger partial charge is 0.497 e. The predicted octanol–water partition coefficient (Wildman–Crippen LogP) is 6.06. The Morgan fingerprint density at radius 1 is 1.24 bits per heavy atom. The lowest BCUT2D eigenvalue weighted by Crippen LogP contribution is -2.13. The maximum atomic E-state index is 12.7. The number of thioether (sulfide) groups is 1. The fourth-order valence-electron chi connectivity index (χ4n) is 2.23. The fraction of sp³-hybridized carbons (Fsp3) is 0.105. The number of nitrogens with one attached hydrogen (secondary N) is 1. The molecule has 3 aromatic rings. The molecule has 0 aliphatic heterocycles. The summed E-state index contributed by atoms with van der Waals surface area (Å²) in [5.41, 5.74) is 2.63. The molecule has 0 aliphatic rings. The topological polar surface area (TPSA) is 38.3 Å². The number of hydrogen-bond acceptors (Lipinski definition) is 4. The molecule has 2 aromatic carbocycles. The number of thiophene rings is 1. The van der Waals surface area contributed by atoms with Crippen molar-refractivity contribution in [2.24, 2.45) is 0 Å². The Morgan fingerprint density at radius 2 is 2.08 bits per heavy atom. The molecular weight excluding hydrogens is 418 g/mol. The number of carbonyl (C=O) groups excluding carboxylic acids is 1. The molecule has 3 nitrogen and oxygen atoms in total. The van der Waals surface area contributed by atoms with E-state index < -0.39 is 0 Å². The molecule has 0 saturated carbocycles. The van der Waals surface area contributed by atoms with E-state index in [1.54, 1.807) is 36.3 Å². The summed E-state index contributed by atoms with van der Waals surface area (Å²) < 4.78 is 5.94. The monoisotopic (exact) mass is 433 g/mol. The van der Waals surface area contributed by atoms with Gasteiger partial charge in [0.25, 0.3) is 5.91 Å². The fourth-order valence-corrected chi connectivity index (χ4v) is 4.38. The number of benzene rings is 2. The number of methoxy groups -OCH3 is 1. The number of carbonyl (C=O) groups is 1. The highest BCUT2D eigenvalue weighted by Crippen LogP contribution is 2.31. The zero-order valence-electron chi connectivity index (χ0n) is 13.5. The maximum Gasteiger partial charge on any atom is 0.256 e. The van der Waals surface area contributed by atoms with E-state index in [2.05, 4.69) is 38.1 Å². The number of amides is 1. The van der Waals surface area contributed by atoms with Gasteiger partial charge in [0.15, 0.2) is 0 Å². The first kappa shape index (κ1) is 18.0. The van der Waals surface area contributed by atoms with Crippen LogP contribution in [0.15, 0.2) is 68.7 Å². The molecule has 25 heavy (non-hydrogen) atoms. The molecule has 128 valence electrons. The molecule has 0 unspecified atom stereocenters. The molecule has 0 spiro atoms. The van der Waals surface area contributed by atoms with Crippen LogP contribution in [0.5, 0.6) is 5.75 Å². The third-order valence-corrected chi connectivity index (χ3v) is 6.10. The van der Waals surface area contributed by atoms with Gasteiger partial charge in [-0.05, 0) is 68.7 Å². The Kier molecular flexibility index (Phi) is 6.18. The Hall–Kier alpha value is -1.76. The van der Waals surface area contributed by atoms with Gasteiger partial charge in [0, 0.05) is 15.1 Å². The van der Waals surface area contributed by atoms with Crippen LogP contribution in [0.2, 0.25) is 0 Å². The minimum atomic E-state index is -0.172. The van der Waals surface area contributed by atoms with Crippen LogP contribution in [0.1, 0.15) is 15.9 Å². The van der Waals surface area contributed by atoms with Crippen LogP contribution in [-0.4, -0.2) is 13.0 Å². The summed E-state index contributed by atoms with van der Waals surface area (Å²) in [7, 11) is 1.58. The highest BCUT2D eigenvalue weighted by Gasteiger charge is 2.13. The van der Waals surface area contributed by atoms with Gasteiger partial charge in [-0.3, -0.25) is 4.79 Å². The first-order chi connectivity index (χ1) is 12.2. The second-order valence-electron chi connectivity index (χ2n) is 5.22. The lowest BCUT2D eigenvalue weighted by atomic mass is 10.2. The molecule has 1 heterocycles. The number of rotatable bonds is 6. The summed E-state index contributed by atoms with van der Waals surface area (Å²) in [5.74, 6) is 1.35. The summed E-state index contributed by atoms with van der Waals surface area (Å²) in [5, 5.41) is 7.22. The van der Waals surface area contributed by atoms with E-state index >= 15 is 0 Å². The summed E-state index contributed by atoms with van der Waals surface area (Å²) in [4.78, 5) is 13.7. The van der Waals surface area contributed by atoms with Crippen molar-refractivity contribution in [1.82, 2.24) is 0 Å². The molecule has 0 fully saturated rings. The molecule has 0 aliphatic carbocycles. The van der Waals surface area contributed by atoms with Gasteiger partial charge >= 0.3 is 0 Å². The second kappa shape index (κ2) is 8.56. The molecular formula is C19H16BrNO2S2. The number of halogens is 1. The quantitative estimate of drug-likeness (QED) is 0.479. The van der Waals surface area contributed by atoms with Crippen LogP contribution in [0.3, 0.4) is 0 Å². The van der Waals surface area contributed by atoms with E-state index in [-0.39, 0.29) is 5.91 Å². The lowest BCUT2D eigenvalue weighted by molar-refractivity contribution is 0.102. The number of anilines is 1. The van der Waals surface area contributed by atoms with Crippen LogP contribution in [0.4, 0.5) is 5.69 Å². The molecule has 6 heteroatoms. The number of para-hydroxylation sites is 1. The molecule has 0 atom stereocenters. The molecule has 0 radical (unpaired) electrons. The highest BCUT2D eigenvalue weighted by atomic mass is 79.9. The van der Waals surface area contributed by atoms with Crippen molar-refractivity contribution in [3.05, 3.63) is 74.9 Å². The summed E-state index contributed by atoms with van der Waals surface area (Å²) in [6, 6.07) is 15.3. The molecule has 1 amide bonds. The highest BCUT2D eigenvalue weighted by molar-refractivity contribution is 9.10. The molecule has 1 N–H and O–H groups in total. The summed E-state index contributed by atoms with van der Waals surface area (Å²) in [6.07, 6.45) is 0. The number of ether oxygens (including phenoxy) is 1. The van der Waals surface area contributed by atoms with E-state index in [0.717, 1.165) is 20.8 Å². The smallest absolute Gasteiger partial charge is 0.256 e. The van der Waals surface area contributed by atoms with Crippen molar-refractivity contribution in [2.75, 3.05) is 12.4 Å². The Morgan fingerprint density at radius 3 is 2.84 bits per heavy atom. The van der Waals surface area contributed by atoms with E-state index in [4.69, 9.17) is 4.74 Å². The minimum Gasteiger partial charge on any atom is -0.497 e. The van der Waals surface area contributed by atoms with E-state index in [9.17, 15) is 4.79 Å². The Bertz CT molecular complexity index is 866. The van der Waals surface area contributed by atoms with Gasteiger partial charge in [0.1, 0.15) is 5.75 Å². The molecule has 0 saturated heterocycles. The van der Waals surface area contributed by atoms with Gasteiger partial charge in [-0.25, -0.2) is 0 Å². The van der Waals surface area contributed by atoms with Crippen molar-refractivity contribution >= 4 is 50.6 Å². The zero-order chi connectivity index (χ0) is 17.6. The summed E-state index contributed by atoms with van der Waals surface area (Å²) in [6.45, 7) is 0. The van der Waals surface area contributed by atoms with Crippen molar-refractivity contribution < 1.29 is 9.53 Å². The first-order valence-corrected chi connectivity index (χ1v) is 10.3. The SMILES string of the molecule is COc1ccc(Br)c(C(=O)Nc2ccccc2SCc2ccsc2)c1. The standard InChI is InChI=1S/C19H16BrNO2S2/c1-23-14-6-7-16(20)15(10-14)19(22)21-17-4-2-3-5-18(17)25-12-13-8-9-24-11-13/h2-11H,12H2,1H3,(H,21,22). The van der Waals surface area contributed by atoms with Gasteiger partial charge in [0.05, 0.1) is 18.4 Å². The lowest BCUT2D eigenvalue weighted by Gasteiger charge is -2.12. The van der Waals surface area contributed by atoms with Gasteiger partial charge in [-0.1, -0.05) is 12.1 Å². The van der Waals surface area contributed by atoms with Crippen molar-refractivity contribution in [2.45, 2.75) is 10.6 Å². The van der Waals surface area contributed by atoms with Gasteiger partial charge < -0.3 is 10.1 Å². The van der Waals surface area contributed by atoms with Crippen LogP contribution >= 0.6 is 39.0 Å². The van der Waals surface area contributed by atoms with Gasteiger partial charge in [-0.2, -0.15) is 11.3 Å². The summed E-state index contributed by atoms with van der Waals surface area (Å²) >= 11 is 6.83. The molecule has 0 bridgehead atoms. The van der Waals surface area contributed by atoms with Crippen LogP contribution in [-0.2, 0) is 5.75 Å². The zero-order valence-corrected chi connectivity index (χ0v) is 16.7. The van der Waals surface area contributed by atoms with E-state index in [1.807, 2.05) is 36.4 Å². The van der Waals surface area contributed by atoms with Crippen LogP contribution < -0.4 is 10.1 Å². The van der Waals surface area contributed by atoms with Crippen molar-refractivity contribution in [1.29, 1.82) is 0 Å². The normalized spacial score (nSPS) is 10.5. The average molecular weight is 434 g/mol. The predicted molar refractivity (Wildman–Crippen MR) is 109 cm³/mol. The van der Waals surface area contributed by atoms with E-state index in [1.165, 1.54) is 5.56 Å². The maximum absolute atomic E-state index is 12.7. The van der Waals surface area contributed by atoms with Gasteiger partial charge in [0.2, 0.25) is 0 Å². The van der Waals surface area contributed by atoms with Crippen molar-refractivity contribution in [3.63, 3.8) is 0 Å². The van der Waals surface area contributed by atoms with Crippen LogP contribution in [0, 0.1) is 0 Å².